The lowest BCUT2D eigenvalue weighted by Gasteiger charge is -2.03. The van der Waals surface area contributed by atoms with Crippen molar-refractivity contribution in [2.45, 2.75) is 5.75 Å². The molecule has 0 aromatic heterocycles. The number of sulfonamides is 1. The molecule has 0 bridgehead atoms. The van der Waals surface area contributed by atoms with Crippen LogP contribution in [0.5, 0.6) is 0 Å². The molecule has 0 aliphatic carbocycles. The van der Waals surface area contributed by atoms with E-state index in [1.807, 2.05) is 6.07 Å². The van der Waals surface area contributed by atoms with Crippen LogP contribution in [0.3, 0.4) is 0 Å². The molecule has 0 saturated heterocycles. The number of hydrogen-bond acceptors (Lipinski definition) is 2. The van der Waals surface area contributed by atoms with Gasteiger partial charge < -0.3 is 0 Å². The van der Waals surface area contributed by atoms with Gasteiger partial charge in [-0.05, 0) is 29.8 Å². The number of hydrogen-bond donors (Lipinski definition) is 1. The molecule has 0 heterocycles. The number of halogens is 1. The van der Waals surface area contributed by atoms with E-state index in [9.17, 15) is 12.8 Å². The van der Waals surface area contributed by atoms with Crippen molar-refractivity contribution < 1.29 is 12.8 Å². The quantitative estimate of drug-likeness (QED) is 0.881. The van der Waals surface area contributed by atoms with Crippen LogP contribution in [-0.4, -0.2) is 15.0 Å². The van der Waals surface area contributed by atoms with E-state index in [0.717, 1.165) is 5.56 Å². The molecule has 21 heavy (non-hydrogen) atoms. The van der Waals surface area contributed by atoms with Crippen LogP contribution in [0.2, 0.25) is 0 Å². The highest BCUT2D eigenvalue weighted by Gasteiger charge is 2.09. The van der Waals surface area contributed by atoms with Gasteiger partial charge in [0.25, 0.3) is 0 Å². The van der Waals surface area contributed by atoms with E-state index in [1.54, 1.807) is 36.4 Å². The molecule has 2 aromatic rings. The Bertz CT molecular complexity index is 744. The fraction of sp³-hybridized carbons (Fsp3) is 0.125. The van der Waals surface area contributed by atoms with Crippen LogP contribution in [0.15, 0.2) is 54.6 Å². The van der Waals surface area contributed by atoms with Gasteiger partial charge in [0, 0.05) is 5.56 Å². The Morgan fingerprint density at radius 1 is 1.00 bits per heavy atom. The van der Waals surface area contributed by atoms with Gasteiger partial charge in [0.05, 0.1) is 12.3 Å². The van der Waals surface area contributed by atoms with Crippen molar-refractivity contribution in [3.8, 4) is 11.8 Å². The van der Waals surface area contributed by atoms with Gasteiger partial charge in [0.1, 0.15) is 5.82 Å². The van der Waals surface area contributed by atoms with Crippen LogP contribution in [0.1, 0.15) is 11.1 Å². The van der Waals surface area contributed by atoms with E-state index in [4.69, 9.17) is 0 Å². The van der Waals surface area contributed by atoms with Crippen molar-refractivity contribution in [2.75, 3.05) is 6.54 Å². The molecule has 2 aromatic carbocycles. The Balaban J connectivity index is 1.89. The van der Waals surface area contributed by atoms with Crippen molar-refractivity contribution in [1.82, 2.24) is 4.72 Å². The summed E-state index contributed by atoms with van der Waals surface area (Å²) in [5.41, 5.74) is 1.36. The minimum atomic E-state index is -3.41. The second-order valence-corrected chi connectivity index (χ2v) is 6.18. The van der Waals surface area contributed by atoms with Gasteiger partial charge in [-0.3, -0.25) is 0 Å². The normalized spacial score (nSPS) is 10.7. The molecule has 0 amide bonds. The van der Waals surface area contributed by atoms with Gasteiger partial charge in [-0.2, -0.15) is 0 Å². The van der Waals surface area contributed by atoms with Crippen LogP contribution < -0.4 is 4.72 Å². The maximum atomic E-state index is 12.7. The minimum Gasteiger partial charge on any atom is -0.212 e. The Morgan fingerprint density at radius 2 is 1.67 bits per heavy atom. The lowest BCUT2D eigenvalue weighted by atomic mass is 10.2. The van der Waals surface area contributed by atoms with Crippen LogP contribution in [0.25, 0.3) is 0 Å². The first-order valence-electron chi connectivity index (χ1n) is 6.31. The second-order valence-electron chi connectivity index (χ2n) is 4.37. The van der Waals surface area contributed by atoms with Crippen molar-refractivity contribution >= 4 is 10.0 Å². The summed E-state index contributed by atoms with van der Waals surface area (Å²) < 4.78 is 38.8. The first-order chi connectivity index (χ1) is 10.1. The summed E-state index contributed by atoms with van der Waals surface area (Å²) >= 11 is 0. The fourth-order valence-electron chi connectivity index (χ4n) is 1.67. The maximum absolute atomic E-state index is 12.7. The highest BCUT2D eigenvalue weighted by molar-refractivity contribution is 7.88. The third-order valence-electron chi connectivity index (χ3n) is 2.66. The lowest BCUT2D eigenvalue weighted by Crippen LogP contribution is -2.25. The summed E-state index contributed by atoms with van der Waals surface area (Å²) in [7, 11) is -3.41. The topological polar surface area (TPSA) is 46.2 Å². The summed E-state index contributed by atoms with van der Waals surface area (Å²) in [4.78, 5) is 0. The third kappa shape index (κ3) is 5.38. The smallest absolute Gasteiger partial charge is 0.212 e. The Morgan fingerprint density at radius 3 is 2.33 bits per heavy atom. The molecule has 1 N–H and O–H groups in total. The van der Waals surface area contributed by atoms with E-state index in [2.05, 4.69) is 16.6 Å². The first kappa shape index (κ1) is 15.2. The first-order valence-corrected chi connectivity index (χ1v) is 7.96. The predicted octanol–water partition coefficient (Wildman–Crippen LogP) is 2.30. The van der Waals surface area contributed by atoms with Crippen molar-refractivity contribution in [3.05, 3.63) is 71.5 Å². The molecular weight excluding hydrogens is 289 g/mol. The largest absolute Gasteiger partial charge is 0.216 e. The number of rotatable bonds is 4. The molecule has 0 radical (unpaired) electrons. The standard InChI is InChI=1S/C16H14FNO2S/c17-16-10-8-14(9-11-16)7-4-12-18-21(19,20)13-15-5-2-1-3-6-15/h1-3,5-6,8-11,18H,12-13H2. The van der Waals surface area contributed by atoms with Gasteiger partial charge in [-0.15, -0.1) is 0 Å². The van der Waals surface area contributed by atoms with Crippen LogP contribution >= 0.6 is 0 Å². The molecule has 0 fully saturated rings. The molecular formula is C16H14FNO2S. The lowest BCUT2D eigenvalue weighted by molar-refractivity contribution is 0.585. The Kier molecular flexibility index (Phi) is 5.09. The van der Waals surface area contributed by atoms with Crippen molar-refractivity contribution in [2.24, 2.45) is 0 Å². The summed E-state index contributed by atoms with van der Waals surface area (Å²) in [5.74, 6) is 5.06. The molecule has 3 nitrogen and oxygen atoms in total. The SMILES string of the molecule is O=S(=O)(Cc1ccccc1)NCC#Cc1ccc(F)cc1. The predicted molar refractivity (Wildman–Crippen MR) is 80.3 cm³/mol. The summed E-state index contributed by atoms with van der Waals surface area (Å²) in [6.45, 7) is 0.0204. The third-order valence-corrected chi connectivity index (χ3v) is 3.95. The molecule has 0 aliphatic heterocycles. The molecule has 0 unspecified atom stereocenters. The summed E-state index contributed by atoms with van der Waals surface area (Å²) in [6, 6.07) is 14.6. The second kappa shape index (κ2) is 7.02. The summed E-state index contributed by atoms with van der Waals surface area (Å²) in [5, 5.41) is 0. The summed E-state index contributed by atoms with van der Waals surface area (Å²) in [6.07, 6.45) is 0. The van der Waals surface area contributed by atoms with Gasteiger partial charge in [0.2, 0.25) is 10.0 Å². The number of nitrogens with one attached hydrogen (secondary N) is 1. The van der Waals surface area contributed by atoms with E-state index in [-0.39, 0.29) is 18.1 Å². The average molecular weight is 303 g/mol. The van der Waals surface area contributed by atoms with Gasteiger partial charge in [0.15, 0.2) is 0 Å². The highest BCUT2D eigenvalue weighted by Crippen LogP contribution is 2.03. The van der Waals surface area contributed by atoms with Crippen LogP contribution in [-0.2, 0) is 15.8 Å². The van der Waals surface area contributed by atoms with E-state index < -0.39 is 10.0 Å². The van der Waals surface area contributed by atoms with E-state index >= 15 is 0 Å². The van der Waals surface area contributed by atoms with Gasteiger partial charge in [-0.1, -0.05) is 42.2 Å². The fourth-order valence-corrected chi connectivity index (χ4v) is 2.70. The van der Waals surface area contributed by atoms with Crippen molar-refractivity contribution in [1.29, 1.82) is 0 Å². The molecule has 0 atom stereocenters. The maximum Gasteiger partial charge on any atom is 0.216 e. The van der Waals surface area contributed by atoms with Crippen LogP contribution in [0, 0.1) is 17.7 Å². The Labute approximate surface area is 123 Å². The zero-order valence-electron chi connectivity index (χ0n) is 11.2. The molecule has 5 heteroatoms. The monoisotopic (exact) mass is 303 g/mol. The molecule has 2 rings (SSSR count). The van der Waals surface area contributed by atoms with E-state index in [0.29, 0.717) is 5.56 Å². The van der Waals surface area contributed by atoms with E-state index in [1.165, 1.54) is 12.1 Å². The zero-order valence-corrected chi connectivity index (χ0v) is 12.0. The molecule has 0 aliphatic rings. The number of benzene rings is 2. The Hall–Kier alpha value is -2.16. The average Bonchev–Trinajstić information content (AvgIpc) is 2.46. The molecule has 0 spiro atoms. The van der Waals surface area contributed by atoms with Crippen LogP contribution in [0.4, 0.5) is 4.39 Å². The van der Waals surface area contributed by atoms with Crippen molar-refractivity contribution in [3.63, 3.8) is 0 Å². The van der Waals surface area contributed by atoms with Gasteiger partial charge >= 0.3 is 0 Å². The minimum absolute atomic E-state index is 0.0204. The molecule has 0 saturated carbocycles. The molecule has 108 valence electrons. The highest BCUT2D eigenvalue weighted by atomic mass is 32.2. The van der Waals surface area contributed by atoms with Gasteiger partial charge in [-0.25, -0.2) is 17.5 Å². The zero-order chi connectivity index (χ0) is 15.1.